The van der Waals surface area contributed by atoms with Crippen molar-refractivity contribution in [1.82, 2.24) is 4.90 Å². The van der Waals surface area contributed by atoms with Crippen LogP contribution in [0.15, 0.2) is 18.2 Å². The maximum Gasteiger partial charge on any atom is 0.253 e. The molecule has 0 aliphatic carbocycles. The van der Waals surface area contributed by atoms with Crippen LogP contribution in [0.3, 0.4) is 0 Å². The summed E-state index contributed by atoms with van der Waals surface area (Å²) in [5, 5.41) is 8.95. The summed E-state index contributed by atoms with van der Waals surface area (Å²) in [4.78, 5) is 13.7. The van der Waals surface area contributed by atoms with Gasteiger partial charge in [-0.2, -0.15) is 5.26 Å². The molecule has 0 bridgehead atoms. The molecule has 0 aliphatic heterocycles. The summed E-state index contributed by atoms with van der Waals surface area (Å²) >= 11 is 5.79. The van der Waals surface area contributed by atoms with Gasteiger partial charge in [0.2, 0.25) is 0 Å². The second-order valence-corrected chi connectivity index (χ2v) is 3.94. The van der Waals surface area contributed by atoms with E-state index in [0.29, 0.717) is 35.8 Å². The van der Waals surface area contributed by atoms with E-state index in [1.807, 2.05) is 13.0 Å². The molecule has 0 fully saturated rings. The number of rotatable bonds is 4. The number of anilines is 1. The molecule has 1 aromatic rings. The average Bonchev–Trinajstić information content (AvgIpc) is 2.33. The lowest BCUT2D eigenvalue weighted by molar-refractivity contribution is 0.0768. The van der Waals surface area contributed by atoms with Gasteiger partial charge in [0.25, 0.3) is 5.91 Å². The zero-order chi connectivity index (χ0) is 12.8. The number of carbonyl (C=O) groups excluding carboxylic acids is 1. The highest BCUT2D eigenvalue weighted by Crippen LogP contribution is 2.20. The van der Waals surface area contributed by atoms with E-state index in [1.165, 1.54) is 0 Å². The highest BCUT2D eigenvalue weighted by Gasteiger charge is 2.14. The molecule has 2 N–H and O–H groups in total. The van der Waals surface area contributed by atoms with E-state index in [1.54, 1.807) is 23.1 Å². The summed E-state index contributed by atoms with van der Waals surface area (Å²) in [5.74, 6) is -0.133. The van der Waals surface area contributed by atoms with Crippen LogP contribution in [-0.4, -0.2) is 23.9 Å². The number of nitrogens with two attached hydrogens (primary N) is 1. The lowest BCUT2D eigenvalue weighted by atomic mass is 10.1. The van der Waals surface area contributed by atoms with Gasteiger partial charge in [-0.25, -0.2) is 0 Å². The van der Waals surface area contributed by atoms with Crippen LogP contribution in [0.2, 0.25) is 5.02 Å². The monoisotopic (exact) mass is 251 g/mol. The van der Waals surface area contributed by atoms with Gasteiger partial charge in [-0.15, -0.1) is 0 Å². The summed E-state index contributed by atoms with van der Waals surface area (Å²) in [6, 6.07) is 6.81. The zero-order valence-electron chi connectivity index (χ0n) is 9.61. The third-order valence-electron chi connectivity index (χ3n) is 2.41. The van der Waals surface area contributed by atoms with E-state index in [9.17, 15) is 4.79 Å². The molecule has 0 heterocycles. The predicted molar refractivity (Wildman–Crippen MR) is 67.7 cm³/mol. The molecule has 0 aliphatic rings. The van der Waals surface area contributed by atoms with E-state index < -0.39 is 0 Å². The summed E-state index contributed by atoms with van der Waals surface area (Å²) < 4.78 is 0. The molecule has 0 saturated carbocycles. The van der Waals surface area contributed by atoms with Crippen molar-refractivity contribution in [3.05, 3.63) is 28.8 Å². The lowest BCUT2D eigenvalue weighted by Gasteiger charge is -2.19. The van der Waals surface area contributed by atoms with Crippen LogP contribution in [0, 0.1) is 11.3 Å². The van der Waals surface area contributed by atoms with Crippen molar-refractivity contribution in [3.63, 3.8) is 0 Å². The van der Waals surface area contributed by atoms with Gasteiger partial charge < -0.3 is 10.6 Å². The van der Waals surface area contributed by atoms with E-state index in [0.717, 1.165) is 0 Å². The Bertz CT molecular complexity index is 454. The first kappa shape index (κ1) is 13.3. The largest absolute Gasteiger partial charge is 0.398 e. The molecular weight excluding hydrogens is 238 g/mol. The first-order chi connectivity index (χ1) is 8.10. The Morgan fingerprint density at radius 1 is 1.59 bits per heavy atom. The molecule has 0 spiro atoms. The predicted octanol–water partition coefficient (Wildman–Crippen LogP) is 2.30. The van der Waals surface area contributed by atoms with E-state index >= 15 is 0 Å². The van der Waals surface area contributed by atoms with Gasteiger partial charge in [0.15, 0.2) is 0 Å². The molecule has 17 heavy (non-hydrogen) atoms. The van der Waals surface area contributed by atoms with Crippen LogP contribution >= 0.6 is 11.6 Å². The molecule has 0 saturated heterocycles. The van der Waals surface area contributed by atoms with Gasteiger partial charge in [-0.1, -0.05) is 11.6 Å². The molecule has 0 unspecified atom stereocenters. The number of nitriles is 1. The summed E-state index contributed by atoms with van der Waals surface area (Å²) in [5.41, 5.74) is 6.52. The normalized spacial score (nSPS) is 9.71. The third-order valence-corrected chi connectivity index (χ3v) is 2.75. The van der Waals surface area contributed by atoms with Gasteiger partial charge in [0.1, 0.15) is 0 Å². The van der Waals surface area contributed by atoms with Crippen molar-refractivity contribution in [1.29, 1.82) is 5.26 Å². The van der Waals surface area contributed by atoms with Crippen LogP contribution in [-0.2, 0) is 0 Å². The fourth-order valence-corrected chi connectivity index (χ4v) is 1.57. The van der Waals surface area contributed by atoms with E-state index in [4.69, 9.17) is 22.6 Å². The minimum atomic E-state index is -0.133. The maximum atomic E-state index is 12.1. The Labute approximate surface area is 106 Å². The minimum Gasteiger partial charge on any atom is -0.398 e. The molecule has 1 aromatic carbocycles. The molecule has 0 aromatic heterocycles. The quantitative estimate of drug-likeness (QED) is 0.835. The van der Waals surface area contributed by atoms with Crippen molar-refractivity contribution in [2.75, 3.05) is 18.8 Å². The zero-order valence-corrected chi connectivity index (χ0v) is 10.4. The second-order valence-electron chi connectivity index (χ2n) is 3.53. The summed E-state index contributed by atoms with van der Waals surface area (Å²) in [6.07, 6.45) is 0.322. The van der Waals surface area contributed by atoms with Crippen LogP contribution in [0.1, 0.15) is 23.7 Å². The second kappa shape index (κ2) is 6.12. The van der Waals surface area contributed by atoms with Crippen LogP contribution in [0.5, 0.6) is 0 Å². The van der Waals surface area contributed by atoms with Crippen molar-refractivity contribution in [3.8, 4) is 6.07 Å². The fourth-order valence-electron chi connectivity index (χ4n) is 1.45. The summed E-state index contributed by atoms with van der Waals surface area (Å²) in [7, 11) is 0. The molecule has 1 amide bonds. The number of halogens is 1. The van der Waals surface area contributed by atoms with Gasteiger partial charge in [0, 0.05) is 18.7 Å². The Kier molecular flexibility index (Phi) is 4.80. The standard InChI is InChI=1S/C12H14ClN3O/c1-2-16(7-3-6-14)12(17)9-4-5-10(13)11(15)8-9/h4-5,8H,2-3,7,15H2,1H3. The molecule has 5 heteroatoms. The number of nitrogens with zero attached hydrogens (tertiary/aromatic N) is 2. The van der Waals surface area contributed by atoms with E-state index in [2.05, 4.69) is 0 Å². The number of amides is 1. The molecule has 0 atom stereocenters. The van der Waals surface area contributed by atoms with Gasteiger partial charge in [-0.3, -0.25) is 4.79 Å². The minimum absolute atomic E-state index is 0.133. The number of hydrogen-bond donors (Lipinski definition) is 1. The van der Waals surface area contributed by atoms with Crippen molar-refractivity contribution < 1.29 is 4.79 Å². The Morgan fingerprint density at radius 2 is 2.29 bits per heavy atom. The molecule has 1 rings (SSSR count). The Balaban J connectivity index is 2.86. The van der Waals surface area contributed by atoms with Crippen LogP contribution in [0.25, 0.3) is 0 Å². The average molecular weight is 252 g/mol. The van der Waals surface area contributed by atoms with Crippen LogP contribution in [0.4, 0.5) is 5.69 Å². The van der Waals surface area contributed by atoms with Gasteiger partial charge in [-0.05, 0) is 25.1 Å². The van der Waals surface area contributed by atoms with Gasteiger partial charge in [0.05, 0.1) is 23.2 Å². The SMILES string of the molecule is CCN(CCC#N)C(=O)c1ccc(Cl)c(N)c1. The van der Waals surface area contributed by atoms with Crippen molar-refractivity contribution in [2.45, 2.75) is 13.3 Å². The first-order valence-electron chi connectivity index (χ1n) is 5.31. The first-order valence-corrected chi connectivity index (χ1v) is 5.69. The highest BCUT2D eigenvalue weighted by molar-refractivity contribution is 6.33. The highest BCUT2D eigenvalue weighted by atomic mass is 35.5. The molecular formula is C12H14ClN3O. The number of benzene rings is 1. The Morgan fingerprint density at radius 3 is 2.82 bits per heavy atom. The smallest absolute Gasteiger partial charge is 0.253 e. The molecule has 90 valence electrons. The molecule has 4 nitrogen and oxygen atoms in total. The maximum absolute atomic E-state index is 12.1. The topological polar surface area (TPSA) is 70.1 Å². The number of carbonyl (C=O) groups is 1. The van der Waals surface area contributed by atoms with Crippen molar-refractivity contribution >= 4 is 23.2 Å². The lowest BCUT2D eigenvalue weighted by Crippen LogP contribution is -2.31. The fraction of sp³-hybridized carbons (Fsp3) is 0.333. The van der Waals surface area contributed by atoms with E-state index in [-0.39, 0.29) is 5.91 Å². The van der Waals surface area contributed by atoms with Gasteiger partial charge >= 0.3 is 0 Å². The third kappa shape index (κ3) is 3.36. The summed E-state index contributed by atoms with van der Waals surface area (Å²) in [6.45, 7) is 2.85. The number of nitrogen functional groups attached to an aromatic ring is 1. The molecule has 0 radical (unpaired) electrons. The van der Waals surface area contributed by atoms with Crippen molar-refractivity contribution in [2.24, 2.45) is 0 Å². The van der Waals surface area contributed by atoms with Crippen LogP contribution < -0.4 is 5.73 Å². The Hall–Kier alpha value is -1.73. The number of hydrogen-bond acceptors (Lipinski definition) is 3.